The van der Waals surface area contributed by atoms with Gasteiger partial charge in [-0.1, -0.05) is 20.3 Å². The molecule has 2 atom stereocenters. The molecule has 0 aromatic heterocycles. The summed E-state index contributed by atoms with van der Waals surface area (Å²) in [6.07, 6.45) is 1.35. The third kappa shape index (κ3) is 3.85. The zero-order valence-corrected chi connectivity index (χ0v) is 7.09. The highest BCUT2D eigenvalue weighted by molar-refractivity contribution is 4.58. The first kappa shape index (κ1) is 9.92. The average molecular weight is 145 g/mol. The van der Waals surface area contributed by atoms with E-state index in [0.29, 0.717) is 12.5 Å². The Morgan fingerprint density at radius 2 is 2.00 bits per heavy atom. The van der Waals surface area contributed by atoms with Crippen LogP contribution < -0.4 is 0 Å². The normalized spacial score (nSPS) is 16.8. The Labute approximate surface area is 63.2 Å². The van der Waals surface area contributed by atoms with Crippen molar-refractivity contribution in [1.29, 1.82) is 0 Å². The lowest BCUT2D eigenvalue weighted by Crippen LogP contribution is -2.18. The predicted molar refractivity (Wildman–Crippen MR) is 40.4 cm³/mol. The lowest BCUT2D eigenvalue weighted by molar-refractivity contribution is -0.00421. The van der Waals surface area contributed by atoms with Crippen molar-refractivity contribution in [2.45, 2.75) is 33.3 Å². The number of rotatable bonds is 5. The van der Waals surface area contributed by atoms with E-state index in [-0.39, 0.29) is 12.7 Å². The molecule has 0 amide bonds. The summed E-state index contributed by atoms with van der Waals surface area (Å²) < 4.78 is 5.23. The molecule has 0 heterocycles. The van der Waals surface area contributed by atoms with Gasteiger partial charge in [-0.15, -0.1) is 0 Å². The van der Waals surface area contributed by atoms with Gasteiger partial charge in [-0.25, -0.2) is 5.11 Å². The lowest BCUT2D eigenvalue weighted by Gasteiger charge is -2.17. The van der Waals surface area contributed by atoms with Crippen molar-refractivity contribution in [2.75, 3.05) is 13.2 Å². The molecule has 0 aromatic rings. The molecule has 1 radical (unpaired) electrons. The van der Waals surface area contributed by atoms with Gasteiger partial charge in [0.2, 0.25) is 0 Å². The van der Waals surface area contributed by atoms with Gasteiger partial charge in [0, 0.05) is 0 Å². The van der Waals surface area contributed by atoms with E-state index in [1.807, 2.05) is 6.92 Å². The van der Waals surface area contributed by atoms with E-state index < -0.39 is 0 Å². The zero-order chi connectivity index (χ0) is 7.98. The monoisotopic (exact) mass is 145 g/mol. The maximum atomic E-state index is 10.0. The van der Waals surface area contributed by atoms with Gasteiger partial charge in [0.1, 0.15) is 6.61 Å². The molecule has 0 spiro atoms. The second kappa shape index (κ2) is 5.69. The van der Waals surface area contributed by atoms with Crippen molar-refractivity contribution in [3.8, 4) is 0 Å². The SMILES string of the molecule is CCC(C)C(C)OCC[O]. The molecular formula is C8H17O2. The minimum Gasteiger partial charge on any atom is -0.376 e. The van der Waals surface area contributed by atoms with Crippen LogP contribution in [0.5, 0.6) is 0 Å². The summed E-state index contributed by atoms with van der Waals surface area (Å²) in [7, 11) is 0. The van der Waals surface area contributed by atoms with Crippen molar-refractivity contribution in [1.82, 2.24) is 0 Å². The second-order valence-electron chi connectivity index (χ2n) is 2.67. The zero-order valence-electron chi connectivity index (χ0n) is 7.09. The summed E-state index contributed by atoms with van der Waals surface area (Å²) in [6.45, 7) is 6.51. The van der Waals surface area contributed by atoms with E-state index in [1.165, 1.54) is 0 Å². The van der Waals surface area contributed by atoms with E-state index in [0.717, 1.165) is 6.42 Å². The number of hydrogen-bond donors (Lipinski definition) is 0. The Hall–Kier alpha value is -0.0800. The van der Waals surface area contributed by atoms with Gasteiger partial charge in [0.25, 0.3) is 0 Å². The first-order valence-corrected chi connectivity index (χ1v) is 3.92. The molecule has 0 N–H and O–H groups in total. The van der Waals surface area contributed by atoms with E-state index >= 15 is 0 Å². The average Bonchev–Trinajstić information content (AvgIpc) is 1.98. The molecule has 2 unspecified atom stereocenters. The second-order valence-corrected chi connectivity index (χ2v) is 2.67. The maximum absolute atomic E-state index is 10.0. The Balaban J connectivity index is 3.31. The molecule has 61 valence electrons. The van der Waals surface area contributed by atoms with Crippen LogP contribution in [-0.2, 0) is 9.84 Å². The molecule has 0 saturated heterocycles. The summed E-state index contributed by atoms with van der Waals surface area (Å²) in [5, 5.41) is 10.0. The van der Waals surface area contributed by atoms with E-state index in [9.17, 15) is 5.11 Å². The fraction of sp³-hybridized carbons (Fsp3) is 1.00. The van der Waals surface area contributed by atoms with Gasteiger partial charge in [0.05, 0.1) is 12.7 Å². The summed E-state index contributed by atoms with van der Waals surface area (Å²) in [4.78, 5) is 0. The highest BCUT2D eigenvalue weighted by Crippen LogP contribution is 2.09. The Morgan fingerprint density at radius 1 is 1.40 bits per heavy atom. The molecule has 0 bridgehead atoms. The molecule has 0 aliphatic rings. The Bertz CT molecular complexity index is 73.7. The molecule has 2 nitrogen and oxygen atoms in total. The maximum Gasteiger partial charge on any atom is 0.106 e. The van der Waals surface area contributed by atoms with Crippen LogP contribution in [0.1, 0.15) is 27.2 Å². The van der Waals surface area contributed by atoms with Crippen molar-refractivity contribution in [2.24, 2.45) is 5.92 Å². The van der Waals surface area contributed by atoms with Crippen LogP contribution in [0.15, 0.2) is 0 Å². The summed E-state index contributed by atoms with van der Waals surface area (Å²) in [5.74, 6) is 0.562. The van der Waals surface area contributed by atoms with Gasteiger partial charge in [0.15, 0.2) is 0 Å². The van der Waals surface area contributed by atoms with Crippen molar-refractivity contribution in [3.05, 3.63) is 0 Å². The van der Waals surface area contributed by atoms with E-state index in [2.05, 4.69) is 13.8 Å². The van der Waals surface area contributed by atoms with Crippen LogP contribution in [0.3, 0.4) is 0 Å². The van der Waals surface area contributed by atoms with Gasteiger partial charge >= 0.3 is 0 Å². The molecule has 0 aromatic carbocycles. The molecular weight excluding hydrogens is 128 g/mol. The van der Waals surface area contributed by atoms with Crippen molar-refractivity contribution in [3.63, 3.8) is 0 Å². The molecule has 0 fully saturated rings. The fourth-order valence-corrected chi connectivity index (χ4v) is 0.730. The number of ether oxygens (including phenoxy) is 1. The summed E-state index contributed by atoms with van der Waals surface area (Å²) in [6, 6.07) is 0. The van der Waals surface area contributed by atoms with Crippen LogP contribution in [-0.4, -0.2) is 19.3 Å². The van der Waals surface area contributed by atoms with Gasteiger partial charge in [-0.05, 0) is 12.8 Å². The van der Waals surface area contributed by atoms with E-state index in [1.54, 1.807) is 0 Å². The highest BCUT2D eigenvalue weighted by Gasteiger charge is 2.09. The van der Waals surface area contributed by atoms with Crippen molar-refractivity contribution < 1.29 is 9.84 Å². The lowest BCUT2D eigenvalue weighted by atomic mass is 10.0. The first-order valence-electron chi connectivity index (χ1n) is 3.92. The molecule has 10 heavy (non-hydrogen) atoms. The van der Waals surface area contributed by atoms with Crippen LogP contribution in [0.2, 0.25) is 0 Å². The predicted octanol–water partition coefficient (Wildman–Crippen LogP) is 1.87. The third-order valence-electron chi connectivity index (χ3n) is 1.91. The fourth-order valence-electron chi connectivity index (χ4n) is 0.730. The highest BCUT2D eigenvalue weighted by atomic mass is 16.5. The Kier molecular flexibility index (Phi) is 5.64. The van der Waals surface area contributed by atoms with Crippen molar-refractivity contribution >= 4 is 0 Å². The van der Waals surface area contributed by atoms with Crippen LogP contribution >= 0.6 is 0 Å². The van der Waals surface area contributed by atoms with Gasteiger partial charge in [-0.3, -0.25) is 0 Å². The Morgan fingerprint density at radius 3 is 2.40 bits per heavy atom. The number of hydrogen-bond acceptors (Lipinski definition) is 1. The smallest absolute Gasteiger partial charge is 0.106 e. The van der Waals surface area contributed by atoms with Crippen LogP contribution in [0, 0.1) is 5.92 Å². The standard InChI is InChI=1S/C8H17O2/c1-4-7(2)8(3)10-6-5-9/h7-8H,4-6H2,1-3H3. The van der Waals surface area contributed by atoms with Crippen LogP contribution in [0.4, 0.5) is 0 Å². The summed E-state index contributed by atoms with van der Waals surface area (Å²) in [5.41, 5.74) is 0. The molecule has 0 saturated carbocycles. The molecule has 0 aliphatic carbocycles. The first-order chi connectivity index (χ1) is 4.72. The summed E-state index contributed by atoms with van der Waals surface area (Å²) >= 11 is 0. The quantitative estimate of drug-likeness (QED) is 0.580. The largest absolute Gasteiger partial charge is 0.376 e. The van der Waals surface area contributed by atoms with E-state index in [4.69, 9.17) is 4.74 Å². The minimum atomic E-state index is -0.124. The molecule has 0 rings (SSSR count). The van der Waals surface area contributed by atoms with Gasteiger partial charge in [-0.2, -0.15) is 0 Å². The minimum absolute atomic E-state index is 0.124. The third-order valence-corrected chi connectivity index (χ3v) is 1.91. The molecule has 0 aliphatic heterocycles. The molecule has 2 heteroatoms. The van der Waals surface area contributed by atoms with Crippen LogP contribution in [0.25, 0.3) is 0 Å². The van der Waals surface area contributed by atoms with Gasteiger partial charge < -0.3 is 4.74 Å². The topological polar surface area (TPSA) is 29.1 Å².